The summed E-state index contributed by atoms with van der Waals surface area (Å²) in [4.78, 5) is 22.1. The second-order valence-electron chi connectivity index (χ2n) is 6.32. The van der Waals surface area contributed by atoms with Gasteiger partial charge in [0.1, 0.15) is 12.9 Å². The molecule has 1 aliphatic rings. The van der Waals surface area contributed by atoms with Crippen LogP contribution < -0.4 is 5.32 Å². The van der Waals surface area contributed by atoms with Crippen LogP contribution in [-0.2, 0) is 19.1 Å². The van der Waals surface area contributed by atoms with Crippen molar-refractivity contribution < 1.29 is 19.1 Å². The topological polar surface area (TPSA) is 64.6 Å². The monoisotopic (exact) mass is 297 g/mol. The molecule has 1 N–H and O–H groups in total. The first-order valence-corrected chi connectivity index (χ1v) is 7.56. The van der Waals surface area contributed by atoms with Gasteiger partial charge in [-0.05, 0) is 30.6 Å². The number of ether oxygens (including phenoxy) is 2. The Bertz CT molecular complexity index is 392. The number of nitrogens with one attached hydrogen (secondary N) is 1. The molecule has 2 atom stereocenters. The number of esters is 1. The molecule has 1 aliphatic carbocycles. The van der Waals surface area contributed by atoms with Crippen LogP contribution in [0.1, 0.15) is 53.4 Å². The summed E-state index contributed by atoms with van der Waals surface area (Å²) in [6.45, 7) is 8.12. The molecule has 0 aromatic carbocycles. The van der Waals surface area contributed by atoms with Gasteiger partial charge in [-0.25, -0.2) is 0 Å². The molecule has 0 aromatic rings. The van der Waals surface area contributed by atoms with E-state index in [4.69, 9.17) is 4.74 Å². The summed E-state index contributed by atoms with van der Waals surface area (Å²) < 4.78 is 10.3. The van der Waals surface area contributed by atoms with E-state index in [0.717, 1.165) is 25.5 Å². The fourth-order valence-electron chi connectivity index (χ4n) is 2.62. The third kappa shape index (κ3) is 6.29. The Balaban J connectivity index is 2.29. The van der Waals surface area contributed by atoms with Crippen molar-refractivity contribution in [3.63, 3.8) is 0 Å². The van der Waals surface area contributed by atoms with Gasteiger partial charge in [0, 0.05) is 13.1 Å². The molecule has 120 valence electrons. The van der Waals surface area contributed by atoms with Gasteiger partial charge in [0.15, 0.2) is 0 Å². The van der Waals surface area contributed by atoms with Gasteiger partial charge in [-0.1, -0.05) is 27.2 Å². The van der Waals surface area contributed by atoms with Crippen LogP contribution in [-0.4, -0.2) is 24.6 Å². The lowest BCUT2D eigenvalue weighted by Gasteiger charge is -2.41. The minimum atomic E-state index is -0.424. The third-order valence-electron chi connectivity index (χ3n) is 4.36. The van der Waals surface area contributed by atoms with Crippen LogP contribution in [0.25, 0.3) is 0 Å². The number of carbonyl (C=O) groups is 2. The van der Waals surface area contributed by atoms with E-state index < -0.39 is 5.97 Å². The molecule has 21 heavy (non-hydrogen) atoms. The zero-order valence-corrected chi connectivity index (χ0v) is 13.5. The summed E-state index contributed by atoms with van der Waals surface area (Å²) in [7, 11) is 0. The van der Waals surface area contributed by atoms with E-state index in [0.29, 0.717) is 11.3 Å². The predicted molar refractivity (Wildman–Crippen MR) is 80.2 cm³/mol. The van der Waals surface area contributed by atoms with Crippen LogP contribution in [0.5, 0.6) is 0 Å². The fourth-order valence-corrected chi connectivity index (χ4v) is 2.62. The first-order chi connectivity index (χ1) is 9.83. The van der Waals surface area contributed by atoms with Crippen molar-refractivity contribution in [3.8, 4) is 0 Å². The zero-order chi connectivity index (χ0) is 15.9. The van der Waals surface area contributed by atoms with E-state index >= 15 is 0 Å². The third-order valence-corrected chi connectivity index (χ3v) is 4.36. The van der Waals surface area contributed by atoms with Crippen LogP contribution in [0.15, 0.2) is 12.5 Å². The van der Waals surface area contributed by atoms with Crippen LogP contribution in [0, 0.1) is 11.3 Å². The standard InChI is InChI=1S/C16H27NO4/c1-12(2)16(4)7-5-6-14(10-16)21-11-15(19)17-8-9-20-13(3)18/h8-9,12,14H,5-7,10-11H2,1-4H3,(H,17,19). The first kappa shape index (κ1) is 17.7. The summed E-state index contributed by atoms with van der Waals surface area (Å²) in [6, 6.07) is 0. The van der Waals surface area contributed by atoms with Gasteiger partial charge in [-0.2, -0.15) is 0 Å². The summed E-state index contributed by atoms with van der Waals surface area (Å²) in [5, 5.41) is 2.50. The minimum absolute atomic E-state index is 0.0310. The largest absolute Gasteiger partial charge is 0.433 e. The van der Waals surface area contributed by atoms with Gasteiger partial charge < -0.3 is 14.8 Å². The lowest BCUT2D eigenvalue weighted by molar-refractivity contribution is -0.135. The lowest BCUT2D eigenvalue weighted by atomic mass is 9.67. The molecule has 0 aliphatic heterocycles. The number of hydrogen-bond donors (Lipinski definition) is 1. The molecule has 5 nitrogen and oxygen atoms in total. The first-order valence-electron chi connectivity index (χ1n) is 7.56. The number of carbonyl (C=O) groups excluding carboxylic acids is 2. The second kappa shape index (κ2) is 8.17. The Labute approximate surface area is 127 Å². The zero-order valence-electron chi connectivity index (χ0n) is 13.5. The number of rotatable bonds is 6. The summed E-state index contributed by atoms with van der Waals surface area (Å²) in [5.74, 6) is -0.0495. The van der Waals surface area contributed by atoms with Crippen molar-refractivity contribution in [2.24, 2.45) is 11.3 Å². The molecule has 0 spiro atoms. The average molecular weight is 297 g/mol. The summed E-state index contributed by atoms with van der Waals surface area (Å²) in [6.07, 6.45) is 6.98. The number of amides is 1. The Kier molecular flexibility index (Phi) is 6.89. The molecule has 0 radical (unpaired) electrons. The van der Waals surface area contributed by atoms with Crippen molar-refractivity contribution in [3.05, 3.63) is 12.5 Å². The molecule has 2 unspecified atom stereocenters. The van der Waals surface area contributed by atoms with Crippen LogP contribution in [0.3, 0.4) is 0 Å². The molecular formula is C16H27NO4. The fraction of sp³-hybridized carbons (Fsp3) is 0.750. The van der Waals surface area contributed by atoms with Gasteiger partial charge in [0.05, 0.1) is 6.10 Å². The molecule has 1 fully saturated rings. The quantitative estimate of drug-likeness (QED) is 0.605. The summed E-state index contributed by atoms with van der Waals surface area (Å²) in [5.41, 5.74) is 0.300. The molecule has 1 rings (SSSR count). The SMILES string of the molecule is CC(=O)OC=CNC(=O)COC1CCCC(C)(C(C)C)C1. The van der Waals surface area contributed by atoms with Gasteiger partial charge in [-0.3, -0.25) is 9.59 Å². The highest BCUT2D eigenvalue weighted by atomic mass is 16.5. The number of hydrogen-bond acceptors (Lipinski definition) is 4. The van der Waals surface area contributed by atoms with Crippen molar-refractivity contribution >= 4 is 11.9 Å². The minimum Gasteiger partial charge on any atom is -0.433 e. The Morgan fingerprint density at radius 3 is 2.76 bits per heavy atom. The van der Waals surface area contributed by atoms with Gasteiger partial charge >= 0.3 is 5.97 Å². The summed E-state index contributed by atoms with van der Waals surface area (Å²) >= 11 is 0. The van der Waals surface area contributed by atoms with Crippen LogP contribution >= 0.6 is 0 Å². The lowest BCUT2D eigenvalue weighted by Crippen LogP contribution is -2.36. The van der Waals surface area contributed by atoms with Gasteiger partial charge in [0.2, 0.25) is 5.91 Å². The molecule has 0 bridgehead atoms. The van der Waals surface area contributed by atoms with Crippen molar-refractivity contribution in [1.29, 1.82) is 0 Å². The van der Waals surface area contributed by atoms with Gasteiger partial charge in [0.25, 0.3) is 0 Å². The maximum Gasteiger partial charge on any atom is 0.307 e. The van der Waals surface area contributed by atoms with E-state index in [2.05, 4.69) is 30.8 Å². The highest BCUT2D eigenvalue weighted by molar-refractivity contribution is 5.78. The molecule has 1 amide bonds. The maximum atomic E-state index is 11.6. The van der Waals surface area contributed by atoms with E-state index in [9.17, 15) is 9.59 Å². The smallest absolute Gasteiger partial charge is 0.307 e. The van der Waals surface area contributed by atoms with E-state index in [1.807, 2.05) is 0 Å². The maximum absolute atomic E-state index is 11.6. The highest BCUT2D eigenvalue weighted by Gasteiger charge is 2.35. The normalized spacial score (nSPS) is 26.0. The molecule has 5 heteroatoms. The molecular weight excluding hydrogens is 270 g/mol. The van der Waals surface area contributed by atoms with Crippen molar-refractivity contribution in [2.45, 2.75) is 59.5 Å². The average Bonchev–Trinajstić information content (AvgIpc) is 2.41. The molecule has 0 aromatic heterocycles. The van der Waals surface area contributed by atoms with Crippen molar-refractivity contribution in [1.82, 2.24) is 5.32 Å². The van der Waals surface area contributed by atoms with Crippen molar-refractivity contribution in [2.75, 3.05) is 6.61 Å². The Morgan fingerprint density at radius 1 is 1.43 bits per heavy atom. The molecule has 0 saturated heterocycles. The molecule has 1 saturated carbocycles. The predicted octanol–water partition coefficient (Wildman–Crippen LogP) is 2.76. The highest BCUT2D eigenvalue weighted by Crippen LogP contribution is 2.42. The van der Waals surface area contributed by atoms with E-state index in [-0.39, 0.29) is 18.6 Å². The van der Waals surface area contributed by atoms with Gasteiger partial charge in [-0.15, -0.1) is 0 Å². The second-order valence-corrected chi connectivity index (χ2v) is 6.32. The van der Waals surface area contributed by atoms with Crippen LogP contribution in [0.2, 0.25) is 0 Å². The Morgan fingerprint density at radius 2 is 2.14 bits per heavy atom. The van der Waals surface area contributed by atoms with E-state index in [1.54, 1.807) is 0 Å². The van der Waals surface area contributed by atoms with E-state index in [1.165, 1.54) is 19.5 Å². The molecule has 0 heterocycles. The Hall–Kier alpha value is -1.36. The van der Waals surface area contributed by atoms with Crippen LogP contribution in [0.4, 0.5) is 0 Å².